The highest BCUT2D eigenvalue weighted by atomic mass is 32.2. The maximum absolute atomic E-state index is 12.0. The number of thioether (sulfide) groups is 1. The Morgan fingerprint density at radius 3 is 2.91 bits per heavy atom. The quantitative estimate of drug-likeness (QED) is 0.708. The van der Waals surface area contributed by atoms with Crippen LogP contribution in [-0.2, 0) is 17.9 Å². The highest BCUT2D eigenvalue weighted by Gasteiger charge is 2.11. The van der Waals surface area contributed by atoms with Crippen LogP contribution in [0.4, 0.5) is 0 Å². The molecule has 0 fully saturated rings. The summed E-state index contributed by atoms with van der Waals surface area (Å²) in [5, 5.41) is 3.78. The highest BCUT2D eigenvalue weighted by molar-refractivity contribution is 7.99. The van der Waals surface area contributed by atoms with E-state index in [1.54, 1.807) is 12.4 Å². The van der Waals surface area contributed by atoms with E-state index >= 15 is 0 Å². The van der Waals surface area contributed by atoms with E-state index in [-0.39, 0.29) is 5.91 Å². The van der Waals surface area contributed by atoms with Crippen LogP contribution >= 0.6 is 11.8 Å². The number of carbonyl (C=O) groups excluding carboxylic acids is 1. The summed E-state index contributed by atoms with van der Waals surface area (Å²) in [4.78, 5) is 20.7. The largest absolute Gasteiger partial charge is 0.351 e. The second-order valence-corrected chi connectivity index (χ2v) is 6.00. The fourth-order valence-corrected chi connectivity index (χ4v) is 3.26. The number of hydrogen-bond donors (Lipinski definition) is 1. The van der Waals surface area contributed by atoms with E-state index in [1.807, 2.05) is 30.3 Å². The molecule has 2 heterocycles. The van der Waals surface area contributed by atoms with Gasteiger partial charge in [0.15, 0.2) is 5.16 Å². The summed E-state index contributed by atoms with van der Waals surface area (Å²) in [6.45, 7) is 3.41. The Morgan fingerprint density at radius 2 is 2.13 bits per heavy atom. The van der Waals surface area contributed by atoms with Gasteiger partial charge in [-0.1, -0.05) is 30.0 Å². The van der Waals surface area contributed by atoms with Gasteiger partial charge >= 0.3 is 0 Å². The molecule has 1 N–H and O–H groups in total. The number of aryl methyl sites for hydroxylation is 1. The van der Waals surface area contributed by atoms with Crippen LogP contribution in [0.15, 0.2) is 53.9 Å². The molecule has 0 saturated heterocycles. The molecule has 0 aliphatic rings. The minimum Gasteiger partial charge on any atom is -0.351 e. The van der Waals surface area contributed by atoms with Gasteiger partial charge in [-0.05, 0) is 30.7 Å². The van der Waals surface area contributed by atoms with E-state index < -0.39 is 0 Å². The summed E-state index contributed by atoms with van der Waals surface area (Å²) in [6, 6.07) is 11.8. The average molecular weight is 326 g/mol. The molecule has 23 heavy (non-hydrogen) atoms. The van der Waals surface area contributed by atoms with Crippen molar-refractivity contribution in [3.05, 3.63) is 54.4 Å². The number of pyridine rings is 1. The maximum atomic E-state index is 12.0. The molecule has 0 bridgehead atoms. The third kappa shape index (κ3) is 3.71. The molecule has 0 unspecified atom stereocenters. The lowest BCUT2D eigenvalue weighted by molar-refractivity contribution is -0.118. The zero-order chi connectivity index (χ0) is 16.1. The lowest BCUT2D eigenvalue weighted by Crippen LogP contribution is -2.24. The second-order valence-electron chi connectivity index (χ2n) is 5.05. The SMILES string of the molecule is CCn1c(SCC(=O)NCc2cccnc2)nc2ccccc21. The maximum Gasteiger partial charge on any atom is 0.230 e. The first-order chi connectivity index (χ1) is 11.3. The summed E-state index contributed by atoms with van der Waals surface area (Å²) in [5.41, 5.74) is 3.06. The third-order valence-electron chi connectivity index (χ3n) is 3.48. The molecule has 0 radical (unpaired) electrons. The molecule has 0 aliphatic carbocycles. The molecule has 0 saturated carbocycles. The number of carbonyl (C=O) groups is 1. The van der Waals surface area contributed by atoms with Crippen LogP contribution in [0.25, 0.3) is 11.0 Å². The first-order valence-corrected chi connectivity index (χ1v) is 8.50. The number of fused-ring (bicyclic) bond motifs is 1. The van der Waals surface area contributed by atoms with Crippen molar-refractivity contribution in [1.29, 1.82) is 0 Å². The molecule has 0 atom stereocenters. The van der Waals surface area contributed by atoms with Gasteiger partial charge in [-0.15, -0.1) is 0 Å². The third-order valence-corrected chi connectivity index (χ3v) is 4.46. The predicted molar refractivity (Wildman–Crippen MR) is 92.2 cm³/mol. The summed E-state index contributed by atoms with van der Waals surface area (Å²) in [7, 11) is 0. The molecule has 6 heteroatoms. The van der Waals surface area contributed by atoms with Crippen molar-refractivity contribution in [1.82, 2.24) is 19.9 Å². The first kappa shape index (κ1) is 15.6. The number of benzene rings is 1. The smallest absolute Gasteiger partial charge is 0.230 e. The van der Waals surface area contributed by atoms with Crippen molar-refractivity contribution in [2.45, 2.75) is 25.2 Å². The summed E-state index contributed by atoms with van der Waals surface area (Å²) in [5.74, 6) is 0.345. The Labute approximate surface area is 139 Å². The summed E-state index contributed by atoms with van der Waals surface area (Å²) in [6.07, 6.45) is 3.47. The fourth-order valence-electron chi connectivity index (χ4n) is 2.35. The number of nitrogens with one attached hydrogen (secondary N) is 1. The number of aromatic nitrogens is 3. The Balaban J connectivity index is 1.60. The van der Waals surface area contributed by atoms with Gasteiger partial charge in [0.25, 0.3) is 0 Å². The van der Waals surface area contributed by atoms with Crippen LogP contribution in [0.2, 0.25) is 0 Å². The molecule has 3 rings (SSSR count). The summed E-state index contributed by atoms with van der Waals surface area (Å²) < 4.78 is 2.13. The van der Waals surface area contributed by atoms with Gasteiger partial charge in [0.05, 0.1) is 16.8 Å². The first-order valence-electron chi connectivity index (χ1n) is 7.51. The van der Waals surface area contributed by atoms with E-state index in [0.717, 1.165) is 28.3 Å². The Kier molecular flexibility index (Phi) is 4.92. The predicted octanol–water partition coefficient (Wildman–Crippen LogP) is 2.86. The number of para-hydroxylation sites is 2. The Bertz CT molecular complexity index is 801. The number of nitrogens with zero attached hydrogens (tertiary/aromatic N) is 3. The van der Waals surface area contributed by atoms with Crippen LogP contribution < -0.4 is 5.32 Å². The van der Waals surface area contributed by atoms with Crippen LogP contribution in [-0.4, -0.2) is 26.2 Å². The van der Waals surface area contributed by atoms with Crippen molar-refractivity contribution in [3.63, 3.8) is 0 Å². The van der Waals surface area contributed by atoms with Gasteiger partial charge in [-0.25, -0.2) is 4.98 Å². The zero-order valence-corrected chi connectivity index (χ0v) is 13.7. The standard InChI is InChI=1S/C17H18N4OS/c1-2-21-15-8-4-3-7-14(15)20-17(21)23-12-16(22)19-11-13-6-5-9-18-10-13/h3-10H,2,11-12H2,1H3,(H,19,22). The van der Waals surface area contributed by atoms with Gasteiger partial charge in [-0.3, -0.25) is 9.78 Å². The van der Waals surface area contributed by atoms with Crippen LogP contribution in [0.5, 0.6) is 0 Å². The fraction of sp³-hybridized carbons (Fsp3) is 0.235. The Morgan fingerprint density at radius 1 is 1.26 bits per heavy atom. The molecular formula is C17H18N4OS. The van der Waals surface area contributed by atoms with Gasteiger partial charge in [0, 0.05) is 25.5 Å². The number of imidazole rings is 1. The molecular weight excluding hydrogens is 308 g/mol. The topological polar surface area (TPSA) is 59.8 Å². The minimum atomic E-state index is -0.00596. The zero-order valence-electron chi connectivity index (χ0n) is 12.9. The molecule has 3 aromatic rings. The van der Waals surface area contributed by atoms with Crippen LogP contribution in [0.1, 0.15) is 12.5 Å². The van der Waals surface area contributed by atoms with Crippen molar-refractivity contribution < 1.29 is 4.79 Å². The number of hydrogen-bond acceptors (Lipinski definition) is 4. The van der Waals surface area contributed by atoms with E-state index in [0.29, 0.717) is 12.3 Å². The molecule has 1 amide bonds. The number of amides is 1. The van der Waals surface area contributed by atoms with Crippen LogP contribution in [0, 0.1) is 0 Å². The second kappa shape index (κ2) is 7.28. The monoisotopic (exact) mass is 326 g/mol. The van der Waals surface area contributed by atoms with Crippen molar-refractivity contribution >= 4 is 28.7 Å². The molecule has 2 aromatic heterocycles. The molecule has 5 nitrogen and oxygen atoms in total. The highest BCUT2D eigenvalue weighted by Crippen LogP contribution is 2.23. The Hall–Kier alpha value is -2.34. The number of rotatable bonds is 6. The minimum absolute atomic E-state index is 0.00596. The average Bonchev–Trinajstić information content (AvgIpc) is 2.96. The van der Waals surface area contributed by atoms with E-state index in [9.17, 15) is 4.79 Å². The van der Waals surface area contributed by atoms with E-state index in [1.165, 1.54) is 11.8 Å². The molecule has 118 valence electrons. The van der Waals surface area contributed by atoms with E-state index in [2.05, 4.69) is 32.8 Å². The normalized spacial score (nSPS) is 10.8. The van der Waals surface area contributed by atoms with E-state index in [4.69, 9.17) is 0 Å². The molecule has 0 aliphatic heterocycles. The summed E-state index contributed by atoms with van der Waals surface area (Å²) >= 11 is 1.46. The van der Waals surface area contributed by atoms with Crippen molar-refractivity contribution in [3.8, 4) is 0 Å². The lowest BCUT2D eigenvalue weighted by Gasteiger charge is -2.06. The lowest BCUT2D eigenvalue weighted by atomic mass is 10.3. The van der Waals surface area contributed by atoms with Gasteiger partial charge in [0.2, 0.25) is 5.91 Å². The molecule has 1 aromatic carbocycles. The molecule has 0 spiro atoms. The van der Waals surface area contributed by atoms with Gasteiger partial charge in [-0.2, -0.15) is 0 Å². The van der Waals surface area contributed by atoms with Crippen LogP contribution in [0.3, 0.4) is 0 Å². The van der Waals surface area contributed by atoms with Crippen molar-refractivity contribution in [2.75, 3.05) is 5.75 Å². The van der Waals surface area contributed by atoms with Crippen molar-refractivity contribution in [2.24, 2.45) is 0 Å². The van der Waals surface area contributed by atoms with Gasteiger partial charge in [0.1, 0.15) is 0 Å². The van der Waals surface area contributed by atoms with Gasteiger partial charge < -0.3 is 9.88 Å².